The van der Waals surface area contributed by atoms with Crippen LogP contribution in [0.15, 0.2) is 17.2 Å². The van der Waals surface area contributed by atoms with Crippen molar-refractivity contribution in [2.24, 2.45) is 23.2 Å². The number of amides is 2. The Labute approximate surface area is 185 Å². The first-order valence-corrected chi connectivity index (χ1v) is 12.0. The lowest BCUT2D eigenvalue weighted by Crippen LogP contribution is -2.51. The highest BCUT2D eigenvalue weighted by molar-refractivity contribution is 5.99. The maximum absolute atomic E-state index is 13.5. The zero-order chi connectivity index (χ0) is 22.3. The molecule has 0 aromatic carbocycles. The normalized spacial score (nSPS) is 29.6. The van der Waals surface area contributed by atoms with E-state index in [1.807, 2.05) is 25.5 Å². The highest BCUT2D eigenvalue weighted by Gasteiger charge is 2.51. The SMILES string of the molecule is CCNC(=O)c1cn(C(C)CC)cc(C(=O)N(C)CC23CC4CC(CC(C4)C2)C3)c1=O. The first-order valence-electron chi connectivity index (χ1n) is 12.0. The van der Waals surface area contributed by atoms with Crippen LogP contribution in [0.5, 0.6) is 0 Å². The fourth-order valence-corrected chi connectivity index (χ4v) is 6.90. The number of hydrogen-bond acceptors (Lipinski definition) is 3. The Bertz CT molecular complexity index is 884. The van der Waals surface area contributed by atoms with Crippen molar-refractivity contribution in [2.45, 2.75) is 71.8 Å². The van der Waals surface area contributed by atoms with Gasteiger partial charge in [-0.2, -0.15) is 0 Å². The lowest BCUT2D eigenvalue weighted by molar-refractivity contribution is -0.0629. The van der Waals surface area contributed by atoms with Gasteiger partial charge in [0, 0.05) is 38.6 Å². The first-order chi connectivity index (χ1) is 14.7. The molecule has 6 heteroatoms. The number of rotatable bonds is 7. The molecule has 4 fully saturated rings. The smallest absolute Gasteiger partial charge is 0.259 e. The zero-order valence-corrected chi connectivity index (χ0v) is 19.4. The van der Waals surface area contributed by atoms with Crippen molar-refractivity contribution in [1.29, 1.82) is 0 Å². The number of carbonyl (C=O) groups excluding carboxylic acids is 2. The number of nitrogens with zero attached hydrogens (tertiary/aromatic N) is 2. The molecule has 4 aliphatic carbocycles. The molecule has 1 atom stereocenters. The lowest BCUT2D eigenvalue weighted by Gasteiger charge is -2.57. The Morgan fingerprint density at radius 2 is 1.65 bits per heavy atom. The van der Waals surface area contributed by atoms with Crippen molar-refractivity contribution in [3.05, 3.63) is 33.7 Å². The van der Waals surface area contributed by atoms with Crippen molar-refractivity contribution in [2.75, 3.05) is 20.1 Å². The van der Waals surface area contributed by atoms with Crippen LogP contribution in [0.4, 0.5) is 0 Å². The van der Waals surface area contributed by atoms with Crippen LogP contribution in [0.1, 0.15) is 92.5 Å². The zero-order valence-electron chi connectivity index (χ0n) is 19.4. The van der Waals surface area contributed by atoms with E-state index in [0.29, 0.717) is 13.1 Å². The fourth-order valence-electron chi connectivity index (χ4n) is 6.90. The Morgan fingerprint density at radius 1 is 1.10 bits per heavy atom. The molecule has 4 saturated carbocycles. The molecular weight excluding hydrogens is 390 g/mol. The second-order valence-electron chi connectivity index (χ2n) is 10.6. The van der Waals surface area contributed by atoms with E-state index in [0.717, 1.165) is 24.2 Å². The molecule has 0 aliphatic heterocycles. The van der Waals surface area contributed by atoms with E-state index in [2.05, 4.69) is 12.2 Å². The maximum atomic E-state index is 13.5. The summed E-state index contributed by atoms with van der Waals surface area (Å²) in [4.78, 5) is 40.9. The molecule has 5 rings (SSSR count). The molecule has 31 heavy (non-hydrogen) atoms. The summed E-state index contributed by atoms with van der Waals surface area (Å²) < 4.78 is 1.85. The third-order valence-corrected chi connectivity index (χ3v) is 8.04. The molecule has 1 N–H and O–H groups in total. The summed E-state index contributed by atoms with van der Waals surface area (Å²) in [6, 6.07) is 0.0915. The Morgan fingerprint density at radius 3 is 2.16 bits per heavy atom. The maximum Gasteiger partial charge on any atom is 0.259 e. The molecule has 0 spiro atoms. The minimum absolute atomic E-state index is 0.0520. The number of hydrogen-bond donors (Lipinski definition) is 1. The number of nitrogens with one attached hydrogen (secondary N) is 1. The van der Waals surface area contributed by atoms with Crippen LogP contribution in [0.3, 0.4) is 0 Å². The molecule has 2 amide bonds. The van der Waals surface area contributed by atoms with Crippen LogP contribution >= 0.6 is 0 Å². The van der Waals surface area contributed by atoms with E-state index in [9.17, 15) is 14.4 Å². The van der Waals surface area contributed by atoms with Gasteiger partial charge in [0.05, 0.1) is 0 Å². The molecule has 1 aromatic rings. The second-order valence-corrected chi connectivity index (χ2v) is 10.6. The van der Waals surface area contributed by atoms with E-state index >= 15 is 0 Å². The summed E-state index contributed by atoms with van der Waals surface area (Å²) in [5.74, 6) is 1.78. The van der Waals surface area contributed by atoms with Crippen molar-refractivity contribution in [3.63, 3.8) is 0 Å². The van der Waals surface area contributed by atoms with E-state index < -0.39 is 11.3 Å². The van der Waals surface area contributed by atoms with Crippen molar-refractivity contribution in [1.82, 2.24) is 14.8 Å². The summed E-state index contributed by atoms with van der Waals surface area (Å²) in [6.07, 6.45) is 11.8. The third-order valence-electron chi connectivity index (χ3n) is 8.04. The van der Waals surface area contributed by atoms with Gasteiger partial charge in [-0.05, 0) is 82.0 Å². The van der Waals surface area contributed by atoms with E-state index in [1.165, 1.54) is 38.5 Å². The molecule has 1 heterocycles. The summed E-state index contributed by atoms with van der Waals surface area (Å²) in [5.41, 5.74) is -0.0909. The summed E-state index contributed by atoms with van der Waals surface area (Å²) in [6.45, 7) is 7.04. The molecular formula is C25H37N3O3. The van der Waals surface area contributed by atoms with Gasteiger partial charge in [-0.25, -0.2) is 0 Å². The lowest BCUT2D eigenvalue weighted by atomic mass is 9.49. The van der Waals surface area contributed by atoms with Crippen LogP contribution in [0, 0.1) is 23.2 Å². The minimum Gasteiger partial charge on any atom is -0.352 e. The van der Waals surface area contributed by atoms with Gasteiger partial charge < -0.3 is 14.8 Å². The Kier molecular flexibility index (Phi) is 6.01. The van der Waals surface area contributed by atoms with Gasteiger partial charge in [-0.15, -0.1) is 0 Å². The average Bonchev–Trinajstić information content (AvgIpc) is 2.71. The highest BCUT2D eigenvalue weighted by atomic mass is 16.2. The van der Waals surface area contributed by atoms with Gasteiger partial charge in [0.1, 0.15) is 11.1 Å². The van der Waals surface area contributed by atoms with Crippen LogP contribution < -0.4 is 10.7 Å². The van der Waals surface area contributed by atoms with Gasteiger partial charge in [0.2, 0.25) is 5.43 Å². The van der Waals surface area contributed by atoms with Gasteiger partial charge in [-0.1, -0.05) is 6.92 Å². The second kappa shape index (κ2) is 8.44. The molecule has 1 aromatic heterocycles. The van der Waals surface area contributed by atoms with Crippen molar-refractivity contribution in [3.8, 4) is 0 Å². The van der Waals surface area contributed by atoms with Crippen LogP contribution in [0.2, 0.25) is 0 Å². The van der Waals surface area contributed by atoms with Crippen LogP contribution in [0.25, 0.3) is 0 Å². The predicted octanol–water partition coefficient (Wildman–Crippen LogP) is 3.86. The minimum atomic E-state index is -0.465. The third kappa shape index (κ3) is 4.18. The van der Waals surface area contributed by atoms with Gasteiger partial charge >= 0.3 is 0 Å². The molecule has 4 aliphatic rings. The number of carbonyl (C=O) groups is 2. The molecule has 170 valence electrons. The van der Waals surface area contributed by atoms with Crippen LogP contribution in [-0.4, -0.2) is 41.4 Å². The van der Waals surface area contributed by atoms with Gasteiger partial charge in [-0.3, -0.25) is 14.4 Å². The molecule has 6 nitrogen and oxygen atoms in total. The van der Waals surface area contributed by atoms with Crippen molar-refractivity contribution >= 4 is 11.8 Å². The summed E-state index contributed by atoms with van der Waals surface area (Å²) in [5, 5.41) is 2.71. The average molecular weight is 428 g/mol. The quantitative estimate of drug-likeness (QED) is 0.718. The monoisotopic (exact) mass is 427 g/mol. The van der Waals surface area contributed by atoms with Crippen LogP contribution in [-0.2, 0) is 0 Å². The Balaban J connectivity index is 1.62. The molecule has 1 unspecified atom stereocenters. The highest BCUT2D eigenvalue weighted by Crippen LogP contribution is 2.60. The Hall–Kier alpha value is -2.11. The van der Waals surface area contributed by atoms with E-state index in [4.69, 9.17) is 0 Å². The van der Waals surface area contributed by atoms with Gasteiger partial charge in [0.15, 0.2) is 0 Å². The predicted molar refractivity (Wildman–Crippen MR) is 121 cm³/mol. The topological polar surface area (TPSA) is 71.4 Å². The molecule has 4 bridgehead atoms. The first kappa shape index (κ1) is 22.1. The molecule has 0 saturated heterocycles. The van der Waals surface area contributed by atoms with E-state index in [1.54, 1.807) is 17.3 Å². The molecule has 0 radical (unpaired) electrons. The summed E-state index contributed by atoms with van der Waals surface area (Å²) >= 11 is 0. The number of pyridine rings is 1. The van der Waals surface area contributed by atoms with Crippen molar-refractivity contribution < 1.29 is 9.59 Å². The number of aromatic nitrogens is 1. The standard InChI is InChI=1S/C25H37N3O3/c1-5-16(3)28-13-20(23(30)26-6-2)22(29)21(14-28)24(31)27(4)15-25-10-17-7-18(11-25)9-19(8-17)12-25/h13-14,16-19H,5-12,15H2,1-4H3,(H,26,30). The van der Waals surface area contributed by atoms with E-state index in [-0.39, 0.29) is 28.5 Å². The largest absolute Gasteiger partial charge is 0.352 e. The fraction of sp³-hybridized carbons (Fsp3) is 0.720. The van der Waals surface area contributed by atoms with Gasteiger partial charge in [0.25, 0.3) is 11.8 Å². The summed E-state index contributed by atoms with van der Waals surface area (Å²) in [7, 11) is 1.83.